The molecule has 3 aromatic rings. The van der Waals surface area contributed by atoms with E-state index in [2.05, 4.69) is 4.98 Å². The molecule has 2 heterocycles. The Bertz CT molecular complexity index is 1430. The van der Waals surface area contributed by atoms with Gasteiger partial charge >= 0.3 is 17.9 Å². The number of Topliss-reactive ketones (excluding diaryl/α,β-unsaturated/α-hetero) is 1. The van der Waals surface area contributed by atoms with Crippen LogP contribution in [-0.4, -0.2) is 57.0 Å². The molecule has 0 saturated heterocycles. The van der Waals surface area contributed by atoms with Crippen LogP contribution in [0.25, 0.3) is 10.9 Å². The summed E-state index contributed by atoms with van der Waals surface area (Å²) in [4.78, 5) is 48.9. The Kier molecular flexibility index (Phi) is 8.17. The van der Waals surface area contributed by atoms with E-state index in [9.17, 15) is 27.6 Å². The number of ketones is 1. The van der Waals surface area contributed by atoms with Gasteiger partial charge in [-0.3, -0.25) is 14.1 Å². The van der Waals surface area contributed by atoms with Gasteiger partial charge in [-0.1, -0.05) is 31.0 Å². The summed E-state index contributed by atoms with van der Waals surface area (Å²) >= 11 is 1.40. The van der Waals surface area contributed by atoms with Crippen molar-refractivity contribution in [1.29, 1.82) is 0 Å². The SMILES string of the molecule is O=C(O)c1cc(C(=O)O)c2cccc(S(=O)(=O)O)c2n1.O=C(c1cccs1)[C@H]1CCCC[C@H]1C(=O)O. The fourth-order valence-corrected chi connectivity index (χ4v) is 5.44. The molecule has 0 bridgehead atoms. The predicted molar refractivity (Wildman–Crippen MR) is 127 cm³/mol. The minimum absolute atomic E-state index is 0.0158. The van der Waals surface area contributed by atoms with Crippen LogP contribution in [0.2, 0.25) is 0 Å². The molecule has 13 heteroatoms. The molecule has 0 spiro atoms. The molecule has 1 aliphatic carbocycles. The molecule has 4 N–H and O–H groups in total. The van der Waals surface area contributed by atoms with Gasteiger partial charge in [-0.15, -0.1) is 11.3 Å². The van der Waals surface area contributed by atoms with E-state index in [-0.39, 0.29) is 17.1 Å². The third-order valence-electron chi connectivity index (χ3n) is 5.71. The Labute approximate surface area is 208 Å². The molecule has 190 valence electrons. The van der Waals surface area contributed by atoms with Gasteiger partial charge in [-0.2, -0.15) is 8.42 Å². The molecule has 0 amide bonds. The number of nitrogens with zero attached hydrogens (tertiary/aromatic N) is 1. The van der Waals surface area contributed by atoms with E-state index in [1.165, 1.54) is 23.5 Å². The molecule has 0 unspecified atom stereocenters. The quantitative estimate of drug-likeness (QED) is 0.265. The molecular formula is C23H21NO10S2. The van der Waals surface area contributed by atoms with Gasteiger partial charge in [0, 0.05) is 11.3 Å². The number of hydrogen-bond donors (Lipinski definition) is 4. The lowest BCUT2D eigenvalue weighted by atomic mass is 9.76. The van der Waals surface area contributed by atoms with Crippen LogP contribution in [0, 0.1) is 11.8 Å². The summed E-state index contributed by atoms with van der Waals surface area (Å²) in [6.45, 7) is 0. The number of hydrogen-bond acceptors (Lipinski definition) is 8. The Morgan fingerprint density at radius 1 is 0.917 bits per heavy atom. The number of thiophene rings is 1. The van der Waals surface area contributed by atoms with Gasteiger partial charge in [-0.05, 0) is 36.4 Å². The molecule has 11 nitrogen and oxygen atoms in total. The van der Waals surface area contributed by atoms with E-state index in [0.717, 1.165) is 25.0 Å². The molecule has 4 rings (SSSR count). The fraction of sp³-hybridized carbons (Fsp3) is 0.261. The number of carboxylic acid groups (broad SMARTS) is 3. The summed E-state index contributed by atoms with van der Waals surface area (Å²) in [5.41, 5.74) is -1.46. The molecule has 1 fully saturated rings. The zero-order valence-corrected chi connectivity index (χ0v) is 20.2. The summed E-state index contributed by atoms with van der Waals surface area (Å²) < 4.78 is 31.5. The van der Waals surface area contributed by atoms with Crippen molar-refractivity contribution in [3.63, 3.8) is 0 Å². The smallest absolute Gasteiger partial charge is 0.354 e. The normalized spacial score (nSPS) is 17.6. The number of carboxylic acids is 3. The molecule has 1 saturated carbocycles. The maximum atomic E-state index is 12.1. The molecule has 0 radical (unpaired) electrons. The number of rotatable bonds is 6. The molecule has 2 atom stereocenters. The maximum Gasteiger partial charge on any atom is 0.354 e. The third kappa shape index (κ3) is 5.93. The number of benzene rings is 1. The maximum absolute atomic E-state index is 12.1. The van der Waals surface area contributed by atoms with Gasteiger partial charge in [0.1, 0.15) is 10.6 Å². The Morgan fingerprint density at radius 2 is 1.58 bits per heavy atom. The lowest BCUT2D eigenvalue weighted by Gasteiger charge is -2.26. The number of pyridine rings is 1. The molecule has 36 heavy (non-hydrogen) atoms. The van der Waals surface area contributed by atoms with Crippen LogP contribution < -0.4 is 0 Å². The monoisotopic (exact) mass is 535 g/mol. The summed E-state index contributed by atoms with van der Waals surface area (Å²) in [6, 6.07) is 7.92. The van der Waals surface area contributed by atoms with Crippen LogP contribution >= 0.6 is 11.3 Å². The first kappa shape index (κ1) is 26.9. The summed E-state index contributed by atoms with van der Waals surface area (Å²) in [6.07, 6.45) is 3.24. The zero-order valence-electron chi connectivity index (χ0n) is 18.5. The molecule has 1 aromatic carbocycles. The van der Waals surface area contributed by atoms with Crippen molar-refractivity contribution in [2.75, 3.05) is 0 Å². The van der Waals surface area contributed by atoms with E-state index in [0.29, 0.717) is 17.7 Å². The van der Waals surface area contributed by atoms with Crippen LogP contribution in [0.15, 0.2) is 46.7 Å². The first-order chi connectivity index (χ1) is 16.9. The zero-order chi connectivity index (χ0) is 26.6. The van der Waals surface area contributed by atoms with Gasteiger partial charge in [0.2, 0.25) is 0 Å². The molecule has 1 aliphatic rings. The van der Waals surface area contributed by atoms with Crippen molar-refractivity contribution in [2.45, 2.75) is 30.6 Å². The van der Waals surface area contributed by atoms with Gasteiger partial charge in [-0.25, -0.2) is 14.6 Å². The number of aromatic nitrogens is 1. The standard InChI is InChI=1S/C12H14O3S.C11H7NO7S/c13-11(10-6-3-7-16-10)8-4-1-2-5-9(8)12(14)15;13-10(14)6-4-7(11(15)16)12-9-5(6)2-1-3-8(9)20(17,18)19/h3,6-9H,1-2,4-5H2,(H,14,15);1-4H,(H,13,14)(H,15,16)(H,17,18,19)/t8-,9+;/m0./s1. The fourth-order valence-electron chi connectivity index (χ4n) is 4.06. The minimum atomic E-state index is -4.66. The first-order valence-corrected chi connectivity index (χ1v) is 12.9. The average Bonchev–Trinajstić information content (AvgIpc) is 3.37. The largest absolute Gasteiger partial charge is 0.481 e. The minimum Gasteiger partial charge on any atom is -0.481 e. The van der Waals surface area contributed by atoms with Gasteiger partial charge in [0.25, 0.3) is 10.1 Å². The number of para-hydroxylation sites is 1. The number of aliphatic carboxylic acids is 1. The second-order valence-corrected chi connectivity index (χ2v) is 10.3. The summed E-state index contributed by atoms with van der Waals surface area (Å²) in [5, 5.41) is 28.8. The van der Waals surface area contributed by atoms with E-state index in [1.54, 1.807) is 6.07 Å². The summed E-state index contributed by atoms with van der Waals surface area (Å²) in [7, 11) is -4.66. The third-order valence-corrected chi connectivity index (χ3v) is 7.48. The van der Waals surface area contributed by atoms with Crippen LogP contribution in [0.4, 0.5) is 0 Å². The van der Waals surface area contributed by atoms with E-state index >= 15 is 0 Å². The van der Waals surface area contributed by atoms with Gasteiger partial charge in [0.05, 0.1) is 21.9 Å². The Hall–Kier alpha value is -3.68. The first-order valence-electron chi connectivity index (χ1n) is 10.6. The van der Waals surface area contributed by atoms with Crippen molar-refractivity contribution in [3.8, 4) is 0 Å². The second-order valence-electron chi connectivity index (χ2n) is 7.97. The number of fused-ring (bicyclic) bond motifs is 1. The van der Waals surface area contributed by atoms with Crippen LogP contribution in [0.5, 0.6) is 0 Å². The highest BCUT2D eigenvalue weighted by atomic mass is 32.2. The van der Waals surface area contributed by atoms with Gasteiger partial charge < -0.3 is 15.3 Å². The van der Waals surface area contributed by atoms with Crippen LogP contribution in [0.3, 0.4) is 0 Å². The van der Waals surface area contributed by atoms with Crippen molar-refractivity contribution in [2.24, 2.45) is 11.8 Å². The highest BCUT2D eigenvalue weighted by Crippen LogP contribution is 2.33. The lowest BCUT2D eigenvalue weighted by Crippen LogP contribution is -2.32. The van der Waals surface area contributed by atoms with Crippen LogP contribution in [0.1, 0.15) is 56.2 Å². The van der Waals surface area contributed by atoms with Crippen molar-refractivity contribution in [3.05, 3.63) is 57.9 Å². The number of carbonyl (C=O) groups excluding carboxylic acids is 1. The Morgan fingerprint density at radius 3 is 2.11 bits per heavy atom. The van der Waals surface area contributed by atoms with Crippen LogP contribution in [-0.2, 0) is 14.9 Å². The highest BCUT2D eigenvalue weighted by molar-refractivity contribution is 7.86. The highest BCUT2D eigenvalue weighted by Gasteiger charge is 2.36. The van der Waals surface area contributed by atoms with Crippen molar-refractivity contribution >= 4 is 56.0 Å². The van der Waals surface area contributed by atoms with Crippen molar-refractivity contribution < 1.29 is 47.5 Å². The second kappa shape index (κ2) is 10.9. The molecule has 0 aliphatic heterocycles. The number of aromatic carboxylic acids is 2. The molecular weight excluding hydrogens is 514 g/mol. The Balaban J connectivity index is 0.000000205. The van der Waals surface area contributed by atoms with E-state index < -0.39 is 55.6 Å². The summed E-state index contributed by atoms with van der Waals surface area (Å²) in [5.74, 6) is -4.56. The van der Waals surface area contributed by atoms with E-state index in [4.69, 9.17) is 19.9 Å². The number of carbonyl (C=O) groups is 4. The average molecular weight is 536 g/mol. The van der Waals surface area contributed by atoms with Crippen molar-refractivity contribution in [1.82, 2.24) is 4.98 Å². The van der Waals surface area contributed by atoms with Gasteiger partial charge in [0.15, 0.2) is 5.78 Å². The molecule has 2 aromatic heterocycles. The van der Waals surface area contributed by atoms with E-state index in [1.807, 2.05) is 11.4 Å². The lowest BCUT2D eigenvalue weighted by molar-refractivity contribution is -0.144. The topological polar surface area (TPSA) is 196 Å². The predicted octanol–water partition coefficient (Wildman–Crippen LogP) is 3.70.